The molecule has 1 aliphatic carbocycles. The van der Waals surface area contributed by atoms with Crippen LogP contribution < -0.4 is 49.9 Å². The molecule has 75 heavy (non-hydrogen) atoms. The van der Waals surface area contributed by atoms with Gasteiger partial charge in [0, 0.05) is 41.3 Å². The van der Waals surface area contributed by atoms with Crippen LogP contribution in [0.3, 0.4) is 0 Å². The number of nitrogens with zero attached hydrogens (tertiary/aromatic N) is 1. The van der Waals surface area contributed by atoms with E-state index in [1.165, 1.54) is 22.3 Å². The standard InChI is InChI=1S/C32H31NO5.C28H41N3O6/c1-4-37-22-15-13-21(14-16-22)31(28-18-17-23(35-2)19-30(28)36-3)33-32(34)38-20-29-26-11-7-5-9-24(26)25-10-6-8-12-27(25)29;1-7-36-20-13-11-19(12-14-20)25(22-16-15-21(34-5)18-24(22)35-6)31-26(32)23(29)10-8-9-17-30-27(33)37-28(2,3)4/h5-19,29,31H,4,20H2,1-3H3,(H,33,34);11-16,18,23,25H,7-10,17,29H2,1-6H3,(H,30,33)(H,31,32)/p-1. The lowest BCUT2D eigenvalue weighted by Gasteiger charge is -2.29. The van der Waals surface area contributed by atoms with E-state index >= 15 is 0 Å². The second-order valence-electron chi connectivity index (χ2n) is 18.5. The number of alkyl carbamates (subject to hydrolysis) is 1. The minimum Gasteiger partial charge on any atom is -0.595 e. The fourth-order valence-corrected chi connectivity index (χ4v) is 8.72. The Kier molecular flexibility index (Phi) is 20.6. The van der Waals surface area contributed by atoms with Gasteiger partial charge in [0.25, 0.3) is 0 Å². The molecule has 0 saturated heterocycles. The summed E-state index contributed by atoms with van der Waals surface area (Å²) < 4.78 is 44.1. The first-order chi connectivity index (χ1) is 36.2. The third-order valence-electron chi connectivity index (χ3n) is 12.3. The second-order valence-corrected chi connectivity index (χ2v) is 18.5. The zero-order valence-corrected chi connectivity index (χ0v) is 44.5. The van der Waals surface area contributed by atoms with Gasteiger partial charge < -0.3 is 59.4 Å². The lowest BCUT2D eigenvalue weighted by molar-refractivity contribution is -0.260. The Morgan fingerprint density at radius 3 is 1.55 bits per heavy atom. The number of nitrogens with two attached hydrogens (primary N) is 1. The molecule has 0 heterocycles. The summed E-state index contributed by atoms with van der Waals surface area (Å²) >= 11 is 0. The van der Waals surface area contributed by atoms with Gasteiger partial charge in [-0.05, 0) is 115 Å². The molecule has 0 spiro atoms. The molecule has 0 aromatic heterocycles. The fourth-order valence-electron chi connectivity index (χ4n) is 8.72. The Bertz CT molecular complexity index is 2770. The van der Waals surface area contributed by atoms with Gasteiger partial charge in [-0.2, -0.15) is 0 Å². The Labute approximate surface area is 441 Å². The zero-order chi connectivity index (χ0) is 53.9. The third-order valence-corrected chi connectivity index (χ3v) is 12.3. The first kappa shape index (κ1) is 56.4. The van der Waals surface area contributed by atoms with Gasteiger partial charge in [-0.15, -0.1) is 0 Å². The minimum atomic E-state index is -0.726. The first-order valence-electron chi connectivity index (χ1n) is 25.2. The lowest BCUT2D eigenvalue weighted by Crippen LogP contribution is -2.42. The highest BCUT2D eigenvalue weighted by Crippen LogP contribution is 2.45. The van der Waals surface area contributed by atoms with Crippen LogP contribution in [0.2, 0.25) is 0 Å². The number of methoxy groups -OCH3 is 4. The molecule has 4 N–H and O–H groups in total. The van der Waals surface area contributed by atoms with E-state index in [4.69, 9.17) is 43.6 Å². The maximum atomic E-state index is 13.2. The topological polar surface area (TPSA) is 193 Å². The van der Waals surface area contributed by atoms with E-state index in [0.717, 1.165) is 33.8 Å². The maximum Gasteiger partial charge on any atom is 0.407 e. The summed E-state index contributed by atoms with van der Waals surface area (Å²) in [6, 6.07) is 41.0. The molecule has 15 nitrogen and oxygen atoms in total. The number of fused-ring (bicyclic) bond motifs is 3. The molecule has 6 aromatic carbocycles. The van der Waals surface area contributed by atoms with Crippen LogP contribution in [0.5, 0.6) is 34.5 Å². The van der Waals surface area contributed by atoms with Crippen LogP contribution in [-0.4, -0.2) is 84.5 Å². The van der Waals surface area contributed by atoms with Gasteiger partial charge in [0.05, 0.1) is 59.8 Å². The molecule has 0 saturated carbocycles. The first-order valence-corrected chi connectivity index (χ1v) is 25.2. The Balaban J connectivity index is 0.000000244. The Morgan fingerprint density at radius 1 is 0.627 bits per heavy atom. The van der Waals surface area contributed by atoms with E-state index in [2.05, 4.69) is 39.9 Å². The van der Waals surface area contributed by atoms with Gasteiger partial charge in [-0.1, -0.05) is 93.6 Å². The quantitative estimate of drug-likeness (QED) is 0.0332. The van der Waals surface area contributed by atoms with Crippen molar-refractivity contribution < 1.29 is 52.6 Å². The van der Waals surface area contributed by atoms with E-state index in [1.807, 2.05) is 111 Å². The van der Waals surface area contributed by atoms with E-state index < -0.39 is 35.9 Å². The molecular formula is C60H71N4O11-. The van der Waals surface area contributed by atoms with Crippen LogP contribution in [0.15, 0.2) is 138 Å². The lowest BCUT2D eigenvalue weighted by atomic mass is 9.96. The highest BCUT2D eigenvalue weighted by molar-refractivity contribution is 5.82. The SMILES string of the molecule is CCOc1ccc(C(NC(=O)C(N)CCCCN=C([O-])OC(C)(C)C)c2ccc(OC)cc2OC)cc1.CCOc1ccc(C(NC(=O)OCC2c3ccccc3-c3ccccc32)c2ccc(OC)cc2OC)cc1. The highest BCUT2D eigenvalue weighted by Gasteiger charge is 2.30. The number of benzene rings is 6. The van der Waals surface area contributed by atoms with Crippen LogP contribution in [0.1, 0.15) is 105 Å². The van der Waals surface area contributed by atoms with Crippen molar-refractivity contribution in [1.29, 1.82) is 0 Å². The molecule has 0 bridgehead atoms. The summed E-state index contributed by atoms with van der Waals surface area (Å²) in [6.45, 7) is 10.9. The fraction of sp³-hybridized carbons (Fsp3) is 0.350. The van der Waals surface area contributed by atoms with E-state index in [9.17, 15) is 14.7 Å². The Hall–Kier alpha value is -7.91. The largest absolute Gasteiger partial charge is 0.595 e. The van der Waals surface area contributed by atoms with Crippen LogP contribution in [0, 0.1) is 0 Å². The molecule has 1 aliphatic rings. The maximum absolute atomic E-state index is 13.2. The molecular weight excluding hydrogens is 953 g/mol. The van der Waals surface area contributed by atoms with Crippen molar-refractivity contribution in [2.75, 3.05) is 54.8 Å². The third kappa shape index (κ3) is 15.6. The molecule has 7 rings (SSSR count). The smallest absolute Gasteiger partial charge is 0.407 e. The second kappa shape index (κ2) is 27.4. The van der Waals surface area contributed by atoms with E-state index in [0.29, 0.717) is 62.0 Å². The van der Waals surface area contributed by atoms with Crippen molar-refractivity contribution in [2.45, 2.75) is 83.5 Å². The summed E-state index contributed by atoms with van der Waals surface area (Å²) in [4.78, 5) is 30.2. The summed E-state index contributed by atoms with van der Waals surface area (Å²) in [6.07, 6.45) is 0.616. The molecule has 0 fully saturated rings. The van der Waals surface area contributed by atoms with Crippen LogP contribution >= 0.6 is 0 Å². The summed E-state index contributed by atoms with van der Waals surface area (Å²) in [5.74, 6) is 3.68. The molecule has 15 heteroatoms. The number of hydrogen-bond acceptors (Lipinski definition) is 13. The van der Waals surface area contributed by atoms with Gasteiger partial charge >= 0.3 is 6.09 Å². The number of carbonyl (C=O) groups is 2. The minimum absolute atomic E-state index is 0.0207. The number of aliphatic imine (C=N–C) groups is 1. The molecule has 3 atom stereocenters. The predicted octanol–water partition coefficient (Wildman–Crippen LogP) is 10.1. The average Bonchev–Trinajstić information content (AvgIpc) is 3.75. The Morgan fingerprint density at radius 2 is 1.09 bits per heavy atom. The van der Waals surface area contributed by atoms with Crippen molar-refractivity contribution in [1.82, 2.24) is 10.6 Å². The zero-order valence-electron chi connectivity index (χ0n) is 44.5. The summed E-state index contributed by atoms with van der Waals surface area (Å²) in [5.41, 5.74) is 13.6. The molecule has 0 radical (unpaired) electrons. The van der Waals surface area contributed by atoms with Gasteiger partial charge in [0.1, 0.15) is 47.2 Å². The van der Waals surface area contributed by atoms with Crippen LogP contribution in [0.4, 0.5) is 4.79 Å². The van der Waals surface area contributed by atoms with Crippen LogP contribution in [-0.2, 0) is 14.3 Å². The van der Waals surface area contributed by atoms with Crippen molar-refractivity contribution in [3.63, 3.8) is 0 Å². The average molecular weight is 1020 g/mol. The number of amides is 2. The number of nitrogens with one attached hydrogen (secondary N) is 2. The van der Waals surface area contributed by atoms with Gasteiger partial charge in [-0.25, -0.2) is 4.79 Å². The molecule has 3 unspecified atom stereocenters. The van der Waals surface area contributed by atoms with Gasteiger partial charge in [-0.3, -0.25) is 9.79 Å². The predicted molar refractivity (Wildman–Crippen MR) is 289 cm³/mol. The van der Waals surface area contributed by atoms with Gasteiger partial charge in [0.2, 0.25) is 5.91 Å². The van der Waals surface area contributed by atoms with Crippen LogP contribution in [0.25, 0.3) is 11.1 Å². The van der Waals surface area contributed by atoms with Crippen molar-refractivity contribution in [3.05, 3.63) is 167 Å². The highest BCUT2D eigenvalue weighted by atomic mass is 16.6. The summed E-state index contributed by atoms with van der Waals surface area (Å²) in [5, 5.41) is 17.8. The van der Waals surface area contributed by atoms with Crippen molar-refractivity contribution in [3.8, 4) is 45.6 Å². The normalized spacial score (nSPS) is 13.1. The molecule has 6 aromatic rings. The van der Waals surface area contributed by atoms with E-state index in [1.54, 1.807) is 61.3 Å². The number of carbonyl (C=O) groups excluding carboxylic acids is 2. The molecule has 2 amide bonds. The van der Waals surface area contributed by atoms with Crippen molar-refractivity contribution in [2.24, 2.45) is 10.7 Å². The van der Waals surface area contributed by atoms with E-state index in [-0.39, 0.29) is 18.4 Å². The molecule has 0 aliphatic heterocycles. The number of rotatable bonds is 22. The number of hydrogen-bond donors (Lipinski definition) is 3. The van der Waals surface area contributed by atoms with Crippen molar-refractivity contribution >= 4 is 18.1 Å². The number of ether oxygens (including phenoxy) is 8. The monoisotopic (exact) mass is 1020 g/mol. The summed E-state index contributed by atoms with van der Waals surface area (Å²) in [7, 11) is 6.36. The van der Waals surface area contributed by atoms with Gasteiger partial charge in [0.15, 0.2) is 0 Å². The molecule has 398 valence electrons. The number of unbranched alkanes of at least 4 members (excludes halogenated alkanes) is 1.